The molecule has 0 saturated heterocycles. The molecule has 0 aromatic heterocycles. The number of hydrogen-bond donors (Lipinski definition) is 1. The Balaban J connectivity index is 1.79. The third-order valence-corrected chi connectivity index (χ3v) is 3.84. The molecule has 0 unspecified atom stereocenters. The number of ether oxygens (including phenoxy) is 1. The zero-order chi connectivity index (χ0) is 14.4. The highest BCUT2D eigenvalue weighted by Crippen LogP contribution is 2.22. The Labute approximate surface area is 133 Å². The Bertz CT molecular complexity index is 557. The number of benzene rings is 2. The highest BCUT2D eigenvalue weighted by Gasteiger charge is 2.01. The average Bonchev–Trinajstić information content (AvgIpc) is 2.47. The molecule has 2 rings (SSSR count). The van der Waals surface area contributed by atoms with E-state index < -0.39 is 0 Å². The van der Waals surface area contributed by atoms with Gasteiger partial charge in [0.05, 0.1) is 0 Å². The van der Waals surface area contributed by atoms with Gasteiger partial charge in [-0.1, -0.05) is 34.5 Å². The first kappa shape index (κ1) is 15.2. The van der Waals surface area contributed by atoms with Crippen LogP contribution in [0.5, 0.6) is 5.75 Å². The van der Waals surface area contributed by atoms with Gasteiger partial charge in [-0.3, -0.25) is 0 Å². The normalized spacial score (nSPS) is 10.3. The smallest absolute Gasteiger partial charge is 0.119 e. The molecule has 106 valence electrons. The molecule has 0 amide bonds. The number of aryl methyl sites for hydroxylation is 1. The van der Waals surface area contributed by atoms with Crippen molar-refractivity contribution in [2.45, 2.75) is 13.3 Å². The number of rotatable bonds is 6. The lowest BCUT2D eigenvalue weighted by atomic mass is 10.1. The summed E-state index contributed by atoms with van der Waals surface area (Å²) in [5, 5.41) is 4.11. The summed E-state index contributed by atoms with van der Waals surface area (Å²) in [4.78, 5) is 0. The van der Waals surface area contributed by atoms with Gasteiger partial charge in [0.25, 0.3) is 0 Å². The van der Waals surface area contributed by atoms with E-state index in [2.05, 4.69) is 28.2 Å². The molecule has 0 bridgehead atoms. The second-order valence-corrected chi connectivity index (χ2v) is 5.71. The highest BCUT2D eigenvalue weighted by atomic mass is 79.9. The summed E-state index contributed by atoms with van der Waals surface area (Å²) in [6.45, 7) is 3.45. The Morgan fingerprint density at radius 2 is 1.90 bits per heavy atom. The van der Waals surface area contributed by atoms with Crippen LogP contribution in [0.3, 0.4) is 0 Å². The van der Waals surface area contributed by atoms with Crippen LogP contribution in [0.25, 0.3) is 0 Å². The summed E-state index contributed by atoms with van der Waals surface area (Å²) in [7, 11) is 0. The maximum atomic E-state index is 6.08. The summed E-state index contributed by atoms with van der Waals surface area (Å²) in [6.07, 6.45) is 0.910. The van der Waals surface area contributed by atoms with Crippen molar-refractivity contribution in [3.63, 3.8) is 0 Å². The van der Waals surface area contributed by atoms with E-state index in [1.54, 1.807) is 0 Å². The fraction of sp³-hybridized carbons (Fsp3) is 0.250. The van der Waals surface area contributed by atoms with Crippen LogP contribution in [0.4, 0.5) is 5.69 Å². The molecule has 0 heterocycles. The predicted octanol–water partition coefficient (Wildman–Crippen LogP) is 5.16. The van der Waals surface area contributed by atoms with Gasteiger partial charge in [0.1, 0.15) is 12.4 Å². The molecule has 0 fully saturated rings. The first-order chi connectivity index (χ1) is 9.69. The van der Waals surface area contributed by atoms with Gasteiger partial charge in [0, 0.05) is 21.7 Å². The Hall–Kier alpha value is -1.19. The lowest BCUT2D eigenvalue weighted by molar-refractivity contribution is 0.332. The molecular formula is C16H17BrClNO. The van der Waals surface area contributed by atoms with E-state index in [1.165, 1.54) is 0 Å². The van der Waals surface area contributed by atoms with Gasteiger partial charge in [-0.25, -0.2) is 0 Å². The molecule has 1 N–H and O–H groups in total. The molecule has 2 nitrogen and oxygen atoms in total. The fourth-order valence-corrected chi connectivity index (χ4v) is 2.36. The van der Waals surface area contributed by atoms with Crippen molar-refractivity contribution >= 4 is 33.2 Å². The van der Waals surface area contributed by atoms with E-state index in [1.807, 2.05) is 42.5 Å². The SMILES string of the molecule is CCc1cc(OCCNc2ccc(Br)cc2)ccc1Cl. The molecule has 2 aromatic rings. The zero-order valence-corrected chi connectivity index (χ0v) is 13.7. The van der Waals surface area contributed by atoms with Crippen molar-refractivity contribution in [1.29, 1.82) is 0 Å². The van der Waals surface area contributed by atoms with Crippen LogP contribution in [0.1, 0.15) is 12.5 Å². The maximum absolute atomic E-state index is 6.08. The number of nitrogens with one attached hydrogen (secondary N) is 1. The van der Waals surface area contributed by atoms with E-state index in [9.17, 15) is 0 Å². The predicted molar refractivity (Wildman–Crippen MR) is 89.0 cm³/mol. The molecule has 0 aliphatic carbocycles. The summed E-state index contributed by atoms with van der Waals surface area (Å²) in [5.41, 5.74) is 2.20. The molecule has 0 atom stereocenters. The van der Waals surface area contributed by atoms with Crippen molar-refractivity contribution in [2.75, 3.05) is 18.5 Å². The minimum atomic E-state index is 0.612. The van der Waals surface area contributed by atoms with Crippen LogP contribution in [0, 0.1) is 0 Å². The maximum Gasteiger partial charge on any atom is 0.119 e. The summed E-state index contributed by atoms with van der Waals surface area (Å²) in [5.74, 6) is 0.865. The number of halogens is 2. The first-order valence-corrected chi connectivity index (χ1v) is 7.77. The second-order valence-electron chi connectivity index (χ2n) is 4.39. The van der Waals surface area contributed by atoms with Crippen molar-refractivity contribution in [1.82, 2.24) is 0 Å². The van der Waals surface area contributed by atoms with E-state index >= 15 is 0 Å². The second kappa shape index (κ2) is 7.55. The van der Waals surface area contributed by atoms with Crippen LogP contribution in [-0.4, -0.2) is 13.2 Å². The zero-order valence-electron chi connectivity index (χ0n) is 11.3. The van der Waals surface area contributed by atoms with E-state index in [-0.39, 0.29) is 0 Å². The van der Waals surface area contributed by atoms with Crippen LogP contribution >= 0.6 is 27.5 Å². The van der Waals surface area contributed by atoms with Gasteiger partial charge in [-0.15, -0.1) is 0 Å². The van der Waals surface area contributed by atoms with Crippen molar-refractivity contribution in [3.8, 4) is 5.75 Å². The number of anilines is 1. The lowest BCUT2D eigenvalue weighted by Gasteiger charge is -2.10. The largest absolute Gasteiger partial charge is 0.492 e. The molecule has 0 saturated carbocycles. The molecule has 0 spiro atoms. The third kappa shape index (κ3) is 4.43. The minimum absolute atomic E-state index is 0.612. The third-order valence-electron chi connectivity index (χ3n) is 2.94. The first-order valence-electron chi connectivity index (χ1n) is 6.59. The Morgan fingerprint density at radius 1 is 1.15 bits per heavy atom. The Kier molecular flexibility index (Phi) is 5.74. The quantitative estimate of drug-likeness (QED) is 0.724. The summed E-state index contributed by atoms with van der Waals surface area (Å²) >= 11 is 9.49. The van der Waals surface area contributed by atoms with Gasteiger partial charge in [-0.2, -0.15) is 0 Å². The lowest BCUT2D eigenvalue weighted by Crippen LogP contribution is -2.11. The highest BCUT2D eigenvalue weighted by molar-refractivity contribution is 9.10. The standard InChI is InChI=1S/C16H17BrClNO/c1-2-12-11-15(7-8-16(12)18)20-10-9-19-14-5-3-13(17)4-6-14/h3-8,11,19H,2,9-10H2,1H3. The van der Waals surface area contributed by atoms with E-state index in [4.69, 9.17) is 16.3 Å². The van der Waals surface area contributed by atoms with Crippen LogP contribution in [-0.2, 0) is 6.42 Å². The molecule has 2 aromatic carbocycles. The molecular weight excluding hydrogens is 338 g/mol. The van der Waals surface area contributed by atoms with Gasteiger partial charge in [-0.05, 0) is 54.4 Å². The average molecular weight is 355 g/mol. The Morgan fingerprint density at radius 3 is 2.60 bits per heavy atom. The van der Waals surface area contributed by atoms with Gasteiger partial charge in [0.2, 0.25) is 0 Å². The molecule has 0 aliphatic heterocycles. The fourth-order valence-electron chi connectivity index (χ4n) is 1.84. The van der Waals surface area contributed by atoms with Crippen LogP contribution < -0.4 is 10.1 Å². The van der Waals surface area contributed by atoms with E-state index in [0.717, 1.165) is 39.5 Å². The monoisotopic (exact) mass is 353 g/mol. The van der Waals surface area contributed by atoms with Crippen molar-refractivity contribution in [3.05, 3.63) is 57.5 Å². The van der Waals surface area contributed by atoms with E-state index in [0.29, 0.717) is 6.61 Å². The topological polar surface area (TPSA) is 21.3 Å². The van der Waals surface area contributed by atoms with Gasteiger partial charge in [0.15, 0.2) is 0 Å². The van der Waals surface area contributed by atoms with Crippen molar-refractivity contribution in [2.24, 2.45) is 0 Å². The van der Waals surface area contributed by atoms with Gasteiger partial charge >= 0.3 is 0 Å². The van der Waals surface area contributed by atoms with Crippen LogP contribution in [0.2, 0.25) is 5.02 Å². The molecule has 20 heavy (non-hydrogen) atoms. The van der Waals surface area contributed by atoms with Gasteiger partial charge < -0.3 is 10.1 Å². The summed E-state index contributed by atoms with van der Waals surface area (Å²) in [6, 6.07) is 13.9. The summed E-state index contributed by atoms with van der Waals surface area (Å²) < 4.78 is 6.79. The van der Waals surface area contributed by atoms with Crippen molar-refractivity contribution < 1.29 is 4.74 Å². The van der Waals surface area contributed by atoms with Crippen LogP contribution in [0.15, 0.2) is 46.9 Å². The molecule has 0 radical (unpaired) electrons. The molecule has 4 heteroatoms. The number of hydrogen-bond acceptors (Lipinski definition) is 2. The molecule has 0 aliphatic rings. The minimum Gasteiger partial charge on any atom is -0.492 e.